The maximum absolute atomic E-state index is 5.09. The number of nitrogens with one attached hydrogen (secondary N) is 2. The van der Waals surface area contributed by atoms with Gasteiger partial charge in [-0.2, -0.15) is 5.10 Å². The molecule has 5 heteroatoms. The molecule has 0 aliphatic heterocycles. The van der Waals surface area contributed by atoms with Gasteiger partial charge in [-0.05, 0) is 43.1 Å². The molecule has 4 nitrogen and oxygen atoms in total. The van der Waals surface area contributed by atoms with Gasteiger partial charge in [0.15, 0.2) is 5.11 Å². The standard InChI is InChI=1S/C13H16N4S/c1-2-8-15-13(18)17-16-11-7-3-5-10-6-4-9-14-12(10)11/h2,4,6,9H,1,3,5,7-8H2,(H2,15,17,18)/b16-11-. The molecule has 2 N–H and O–H groups in total. The summed E-state index contributed by atoms with van der Waals surface area (Å²) in [6.07, 6.45) is 6.65. The van der Waals surface area contributed by atoms with E-state index in [-0.39, 0.29) is 0 Å². The number of aryl methyl sites for hydroxylation is 1. The lowest BCUT2D eigenvalue weighted by Gasteiger charge is -2.16. The molecule has 1 heterocycles. The van der Waals surface area contributed by atoms with Crippen LogP contribution < -0.4 is 10.7 Å². The first-order valence-corrected chi connectivity index (χ1v) is 6.37. The third-order valence-corrected chi connectivity index (χ3v) is 2.96. The van der Waals surface area contributed by atoms with Crippen molar-refractivity contribution in [3.63, 3.8) is 0 Å². The van der Waals surface area contributed by atoms with Gasteiger partial charge in [-0.1, -0.05) is 12.1 Å². The van der Waals surface area contributed by atoms with E-state index in [2.05, 4.69) is 33.5 Å². The summed E-state index contributed by atoms with van der Waals surface area (Å²) in [5.74, 6) is 0. The molecule has 0 saturated heterocycles. The van der Waals surface area contributed by atoms with Crippen LogP contribution in [0.1, 0.15) is 24.1 Å². The SMILES string of the molecule is C=CCNC(=S)N/N=C1/CCCc2cccnc21. The smallest absolute Gasteiger partial charge is 0.187 e. The quantitative estimate of drug-likeness (QED) is 0.494. The molecule has 0 aromatic carbocycles. The van der Waals surface area contributed by atoms with Crippen LogP contribution in [0.2, 0.25) is 0 Å². The molecule has 94 valence electrons. The van der Waals surface area contributed by atoms with E-state index in [1.54, 1.807) is 12.3 Å². The zero-order valence-corrected chi connectivity index (χ0v) is 11.0. The number of nitrogens with zero attached hydrogens (tertiary/aromatic N) is 2. The average molecular weight is 260 g/mol. The van der Waals surface area contributed by atoms with Crippen molar-refractivity contribution in [1.29, 1.82) is 0 Å². The molecule has 1 aromatic rings. The van der Waals surface area contributed by atoms with E-state index in [0.29, 0.717) is 11.7 Å². The van der Waals surface area contributed by atoms with Gasteiger partial charge in [0, 0.05) is 12.7 Å². The second-order valence-electron chi connectivity index (χ2n) is 4.03. The van der Waals surface area contributed by atoms with Crippen molar-refractivity contribution in [3.8, 4) is 0 Å². The maximum Gasteiger partial charge on any atom is 0.187 e. The second kappa shape index (κ2) is 6.26. The van der Waals surface area contributed by atoms with Gasteiger partial charge in [-0.25, -0.2) is 0 Å². The zero-order chi connectivity index (χ0) is 12.8. The van der Waals surface area contributed by atoms with Gasteiger partial charge in [0.1, 0.15) is 0 Å². The molecule has 0 atom stereocenters. The van der Waals surface area contributed by atoms with Crippen molar-refractivity contribution in [2.45, 2.75) is 19.3 Å². The van der Waals surface area contributed by atoms with E-state index in [9.17, 15) is 0 Å². The molecule has 0 radical (unpaired) electrons. The highest BCUT2D eigenvalue weighted by molar-refractivity contribution is 7.80. The fourth-order valence-corrected chi connectivity index (χ4v) is 2.03. The second-order valence-corrected chi connectivity index (χ2v) is 4.44. The van der Waals surface area contributed by atoms with Gasteiger partial charge < -0.3 is 5.32 Å². The molecule has 0 unspecified atom stereocenters. The lowest BCUT2D eigenvalue weighted by Crippen LogP contribution is -2.33. The summed E-state index contributed by atoms with van der Waals surface area (Å²) < 4.78 is 0. The van der Waals surface area contributed by atoms with E-state index in [0.717, 1.165) is 30.7 Å². The number of aromatic nitrogens is 1. The van der Waals surface area contributed by atoms with Crippen LogP contribution >= 0.6 is 12.2 Å². The topological polar surface area (TPSA) is 49.3 Å². The molecule has 0 saturated carbocycles. The number of pyridine rings is 1. The van der Waals surface area contributed by atoms with Crippen molar-refractivity contribution >= 4 is 23.0 Å². The molecule has 2 rings (SSSR count). The van der Waals surface area contributed by atoms with Crippen LogP contribution in [-0.2, 0) is 6.42 Å². The van der Waals surface area contributed by atoms with Crippen LogP contribution in [0.25, 0.3) is 0 Å². The van der Waals surface area contributed by atoms with Crippen LogP contribution in [0.3, 0.4) is 0 Å². The van der Waals surface area contributed by atoms with E-state index in [1.165, 1.54) is 5.56 Å². The van der Waals surface area contributed by atoms with Crippen LogP contribution in [0.15, 0.2) is 36.1 Å². The number of hydrazone groups is 1. The molecule has 0 fully saturated rings. The first-order chi connectivity index (χ1) is 8.81. The van der Waals surface area contributed by atoms with Crippen molar-refractivity contribution in [3.05, 3.63) is 42.2 Å². The minimum Gasteiger partial charge on any atom is -0.358 e. The Balaban J connectivity index is 2.06. The Morgan fingerprint density at radius 2 is 2.44 bits per heavy atom. The Morgan fingerprint density at radius 1 is 1.56 bits per heavy atom. The lowest BCUT2D eigenvalue weighted by molar-refractivity contribution is 0.813. The Bertz CT molecular complexity index is 482. The molecule has 1 aliphatic rings. The molecule has 1 aromatic heterocycles. The molecular weight excluding hydrogens is 244 g/mol. The van der Waals surface area contributed by atoms with Gasteiger partial charge in [0.05, 0.1) is 11.4 Å². The van der Waals surface area contributed by atoms with E-state index in [1.807, 2.05) is 6.07 Å². The highest BCUT2D eigenvalue weighted by Gasteiger charge is 2.16. The first-order valence-electron chi connectivity index (χ1n) is 5.97. The van der Waals surface area contributed by atoms with Crippen molar-refractivity contribution in [2.24, 2.45) is 5.10 Å². The molecule has 0 bridgehead atoms. The monoisotopic (exact) mass is 260 g/mol. The normalized spacial score (nSPS) is 15.9. The summed E-state index contributed by atoms with van der Waals surface area (Å²) >= 11 is 5.09. The predicted molar refractivity (Wildman–Crippen MR) is 77.6 cm³/mol. The van der Waals surface area contributed by atoms with Crippen LogP contribution in [0.4, 0.5) is 0 Å². The maximum atomic E-state index is 5.09. The number of hydrogen-bond donors (Lipinski definition) is 2. The lowest BCUT2D eigenvalue weighted by atomic mass is 9.95. The summed E-state index contributed by atoms with van der Waals surface area (Å²) in [6, 6.07) is 4.07. The van der Waals surface area contributed by atoms with Crippen molar-refractivity contribution < 1.29 is 0 Å². The Labute approximate surface area is 112 Å². The van der Waals surface area contributed by atoms with Crippen molar-refractivity contribution in [2.75, 3.05) is 6.54 Å². The minimum atomic E-state index is 0.505. The van der Waals surface area contributed by atoms with E-state index in [4.69, 9.17) is 12.2 Å². The number of fused-ring (bicyclic) bond motifs is 1. The van der Waals surface area contributed by atoms with Crippen LogP contribution in [-0.4, -0.2) is 22.4 Å². The summed E-state index contributed by atoms with van der Waals surface area (Å²) in [5, 5.41) is 7.82. The average Bonchev–Trinajstić information content (AvgIpc) is 2.42. The molecule has 0 spiro atoms. The third-order valence-electron chi connectivity index (χ3n) is 2.72. The first kappa shape index (κ1) is 12.7. The zero-order valence-electron chi connectivity index (χ0n) is 10.1. The predicted octanol–water partition coefficient (Wildman–Crippen LogP) is 1.77. The van der Waals surface area contributed by atoms with Crippen LogP contribution in [0, 0.1) is 0 Å². The van der Waals surface area contributed by atoms with Crippen molar-refractivity contribution in [1.82, 2.24) is 15.7 Å². The molecule has 18 heavy (non-hydrogen) atoms. The van der Waals surface area contributed by atoms with Gasteiger partial charge in [-0.15, -0.1) is 6.58 Å². The van der Waals surface area contributed by atoms with E-state index >= 15 is 0 Å². The molecule has 1 aliphatic carbocycles. The highest BCUT2D eigenvalue weighted by atomic mass is 32.1. The summed E-state index contributed by atoms with van der Waals surface area (Å²) in [4.78, 5) is 4.39. The van der Waals surface area contributed by atoms with Gasteiger partial charge >= 0.3 is 0 Å². The fraction of sp³-hybridized carbons (Fsp3) is 0.308. The Kier molecular flexibility index (Phi) is 4.41. The van der Waals surface area contributed by atoms with Gasteiger partial charge in [0.25, 0.3) is 0 Å². The number of thiocarbonyl (C=S) groups is 1. The summed E-state index contributed by atoms with van der Waals surface area (Å²) in [5.41, 5.74) is 6.07. The van der Waals surface area contributed by atoms with Gasteiger partial charge in [0.2, 0.25) is 0 Å². The Hall–Kier alpha value is -1.75. The summed E-state index contributed by atoms with van der Waals surface area (Å²) in [7, 11) is 0. The molecule has 0 amide bonds. The molecular formula is C13H16N4S. The summed E-state index contributed by atoms with van der Waals surface area (Å²) in [6.45, 7) is 4.25. The number of hydrogen-bond acceptors (Lipinski definition) is 3. The minimum absolute atomic E-state index is 0.505. The third kappa shape index (κ3) is 3.13. The highest BCUT2D eigenvalue weighted by Crippen LogP contribution is 2.18. The fourth-order valence-electron chi connectivity index (χ4n) is 1.90. The van der Waals surface area contributed by atoms with Crippen LogP contribution in [0.5, 0.6) is 0 Å². The van der Waals surface area contributed by atoms with E-state index < -0.39 is 0 Å². The largest absolute Gasteiger partial charge is 0.358 e. The van der Waals surface area contributed by atoms with Gasteiger partial charge in [-0.3, -0.25) is 10.4 Å². The number of rotatable bonds is 3. The Morgan fingerprint density at radius 3 is 3.28 bits per heavy atom.